The molecule has 2 unspecified atom stereocenters. The third kappa shape index (κ3) is 3.51. The van der Waals surface area contributed by atoms with E-state index in [9.17, 15) is 0 Å². The smallest absolute Gasteiger partial charge is 0.128 e. The highest BCUT2D eigenvalue weighted by molar-refractivity contribution is 5.40. The maximum absolute atomic E-state index is 5.46. The highest BCUT2D eigenvalue weighted by Gasteiger charge is 2.20. The van der Waals surface area contributed by atoms with Crippen LogP contribution in [0.5, 0.6) is 5.75 Å². The number of hydrogen-bond donors (Lipinski definition) is 1. The molecular weight excluding hydrogens is 248 g/mol. The molecule has 3 heteroatoms. The number of aryl methyl sites for hydroxylation is 1. The van der Waals surface area contributed by atoms with E-state index >= 15 is 0 Å². The zero-order valence-corrected chi connectivity index (χ0v) is 13.3. The first-order valence-corrected chi connectivity index (χ1v) is 7.83. The van der Waals surface area contributed by atoms with E-state index in [4.69, 9.17) is 4.74 Å². The SMILES string of the molecule is COc1c(C)cnc(CNCC2CCCCC2C)c1C. The second kappa shape index (κ2) is 7.07. The van der Waals surface area contributed by atoms with Crippen LogP contribution in [-0.4, -0.2) is 18.6 Å². The van der Waals surface area contributed by atoms with Crippen molar-refractivity contribution in [2.75, 3.05) is 13.7 Å². The zero-order chi connectivity index (χ0) is 14.5. The summed E-state index contributed by atoms with van der Waals surface area (Å²) in [5, 5.41) is 3.60. The van der Waals surface area contributed by atoms with Crippen LogP contribution in [0.3, 0.4) is 0 Å². The van der Waals surface area contributed by atoms with Gasteiger partial charge in [-0.1, -0.05) is 26.2 Å². The maximum Gasteiger partial charge on any atom is 0.128 e. The second-order valence-corrected chi connectivity index (χ2v) is 6.20. The summed E-state index contributed by atoms with van der Waals surface area (Å²) < 4.78 is 5.46. The molecular formula is C17H28N2O. The first kappa shape index (κ1) is 15.3. The summed E-state index contributed by atoms with van der Waals surface area (Å²) in [5.41, 5.74) is 3.38. The summed E-state index contributed by atoms with van der Waals surface area (Å²) in [6.45, 7) is 8.48. The van der Waals surface area contributed by atoms with Crippen LogP contribution in [0.1, 0.15) is 49.4 Å². The fourth-order valence-electron chi connectivity index (χ4n) is 3.32. The van der Waals surface area contributed by atoms with Crippen molar-refractivity contribution >= 4 is 0 Å². The summed E-state index contributed by atoms with van der Waals surface area (Å²) in [7, 11) is 1.73. The van der Waals surface area contributed by atoms with E-state index in [0.29, 0.717) is 0 Å². The van der Waals surface area contributed by atoms with Crippen LogP contribution >= 0.6 is 0 Å². The van der Waals surface area contributed by atoms with E-state index in [0.717, 1.165) is 47.5 Å². The quantitative estimate of drug-likeness (QED) is 0.892. The van der Waals surface area contributed by atoms with Gasteiger partial charge < -0.3 is 10.1 Å². The van der Waals surface area contributed by atoms with E-state index in [1.54, 1.807) is 7.11 Å². The van der Waals surface area contributed by atoms with Gasteiger partial charge in [0.15, 0.2) is 0 Å². The van der Waals surface area contributed by atoms with Crippen molar-refractivity contribution < 1.29 is 4.74 Å². The summed E-state index contributed by atoms with van der Waals surface area (Å²) in [6.07, 6.45) is 7.48. The van der Waals surface area contributed by atoms with Gasteiger partial charge in [0.1, 0.15) is 5.75 Å². The number of hydrogen-bond acceptors (Lipinski definition) is 3. The van der Waals surface area contributed by atoms with E-state index in [-0.39, 0.29) is 0 Å². The van der Waals surface area contributed by atoms with Crippen LogP contribution in [0, 0.1) is 25.7 Å². The van der Waals surface area contributed by atoms with Crippen LogP contribution in [0.25, 0.3) is 0 Å². The fourth-order valence-corrected chi connectivity index (χ4v) is 3.32. The lowest BCUT2D eigenvalue weighted by Crippen LogP contribution is -2.29. The minimum Gasteiger partial charge on any atom is -0.496 e. The van der Waals surface area contributed by atoms with Gasteiger partial charge in [-0.3, -0.25) is 4.98 Å². The largest absolute Gasteiger partial charge is 0.496 e. The molecule has 1 heterocycles. The van der Waals surface area contributed by atoms with Gasteiger partial charge >= 0.3 is 0 Å². The molecule has 1 fully saturated rings. The van der Waals surface area contributed by atoms with Crippen LogP contribution in [0.2, 0.25) is 0 Å². The molecule has 0 amide bonds. The Balaban J connectivity index is 1.91. The van der Waals surface area contributed by atoms with E-state index in [1.807, 2.05) is 13.1 Å². The lowest BCUT2D eigenvalue weighted by atomic mass is 9.80. The van der Waals surface area contributed by atoms with Gasteiger partial charge in [-0.15, -0.1) is 0 Å². The van der Waals surface area contributed by atoms with Crippen molar-refractivity contribution in [3.8, 4) is 5.75 Å². The molecule has 1 aliphatic carbocycles. The van der Waals surface area contributed by atoms with E-state index in [2.05, 4.69) is 24.1 Å². The van der Waals surface area contributed by atoms with E-state index < -0.39 is 0 Å². The molecule has 2 rings (SSSR count). The van der Waals surface area contributed by atoms with Gasteiger partial charge in [0.05, 0.1) is 12.8 Å². The number of ether oxygens (including phenoxy) is 1. The molecule has 0 spiro atoms. The van der Waals surface area contributed by atoms with Gasteiger partial charge in [0.25, 0.3) is 0 Å². The molecule has 3 nitrogen and oxygen atoms in total. The topological polar surface area (TPSA) is 34.1 Å². The third-order valence-electron chi connectivity index (χ3n) is 4.74. The predicted octanol–water partition coefficient (Wildman–Crippen LogP) is 3.62. The zero-order valence-electron chi connectivity index (χ0n) is 13.3. The summed E-state index contributed by atoms with van der Waals surface area (Å²) in [6, 6.07) is 0. The van der Waals surface area contributed by atoms with Crippen molar-refractivity contribution in [2.45, 2.75) is 53.0 Å². The minimum atomic E-state index is 0.830. The molecule has 1 saturated carbocycles. The molecule has 0 bridgehead atoms. The Morgan fingerprint density at radius 2 is 2.05 bits per heavy atom. The van der Waals surface area contributed by atoms with Crippen molar-refractivity contribution in [1.29, 1.82) is 0 Å². The lowest BCUT2D eigenvalue weighted by molar-refractivity contribution is 0.247. The Kier molecular flexibility index (Phi) is 5.41. The van der Waals surface area contributed by atoms with Gasteiger partial charge in [0.2, 0.25) is 0 Å². The minimum absolute atomic E-state index is 0.830. The first-order valence-electron chi connectivity index (χ1n) is 7.83. The second-order valence-electron chi connectivity index (χ2n) is 6.20. The number of nitrogens with zero attached hydrogens (tertiary/aromatic N) is 1. The van der Waals surface area contributed by atoms with Crippen LogP contribution in [-0.2, 0) is 6.54 Å². The molecule has 1 aromatic heterocycles. The molecule has 0 aliphatic heterocycles. The average Bonchev–Trinajstić information content (AvgIpc) is 2.44. The Bertz CT molecular complexity index is 445. The van der Waals surface area contributed by atoms with Gasteiger partial charge in [0, 0.05) is 23.9 Å². The van der Waals surface area contributed by atoms with Gasteiger partial charge in [-0.05, 0) is 38.6 Å². The molecule has 1 aromatic rings. The van der Waals surface area contributed by atoms with Crippen molar-refractivity contribution in [3.05, 3.63) is 23.0 Å². The number of aromatic nitrogens is 1. The summed E-state index contributed by atoms with van der Waals surface area (Å²) in [5.74, 6) is 2.66. The molecule has 0 aromatic carbocycles. The Morgan fingerprint density at radius 3 is 2.75 bits per heavy atom. The first-order chi connectivity index (χ1) is 9.63. The standard InChI is InChI=1S/C17H28N2O/c1-12-7-5-6-8-15(12)10-18-11-16-14(3)17(20-4)13(2)9-19-16/h9,12,15,18H,5-8,10-11H2,1-4H3. The molecule has 20 heavy (non-hydrogen) atoms. The Labute approximate surface area is 123 Å². The average molecular weight is 276 g/mol. The predicted molar refractivity (Wildman–Crippen MR) is 83.1 cm³/mol. The van der Waals surface area contributed by atoms with Crippen molar-refractivity contribution in [1.82, 2.24) is 10.3 Å². The number of nitrogens with one attached hydrogen (secondary N) is 1. The maximum atomic E-state index is 5.46. The van der Waals surface area contributed by atoms with E-state index in [1.165, 1.54) is 25.7 Å². The Morgan fingerprint density at radius 1 is 1.30 bits per heavy atom. The van der Waals surface area contributed by atoms with Crippen LogP contribution in [0.4, 0.5) is 0 Å². The molecule has 0 radical (unpaired) electrons. The molecule has 0 saturated heterocycles. The molecule has 2 atom stereocenters. The van der Waals surface area contributed by atoms with Gasteiger partial charge in [-0.25, -0.2) is 0 Å². The number of methoxy groups -OCH3 is 1. The normalized spacial score (nSPS) is 22.8. The highest BCUT2D eigenvalue weighted by atomic mass is 16.5. The highest BCUT2D eigenvalue weighted by Crippen LogP contribution is 2.29. The van der Waals surface area contributed by atoms with Crippen molar-refractivity contribution in [2.24, 2.45) is 11.8 Å². The monoisotopic (exact) mass is 276 g/mol. The fraction of sp³-hybridized carbons (Fsp3) is 0.706. The molecule has 1 aliphatic rings. The number of pyridine rings is 1. The molecule has 112 valence electrons. The van der Waals surface area contributed by atoms with Crippen LogP contribution in [0.15, 0.2) is 6.20 Å². The lowest BCUT2D eigenvalue weighted by Gasteiger charge is -2.29. The Hall–Kier alpha value is -1.09. The summed E-state index contributed by atoms with van der Waals surface area (Å²) >= 11 is 0. The molecule has 1 N–H and O–H groups in total. The van der Waals surface area contributed by atoms with Crippen LogP contribution < -0.4 is 10.1 Å². The number of rotatable bonds is 5. The summed E-state index contributed by atoms with van der Waals surface area (Å²) in [4.78, 5) is 4.55. The third-order valence-corrected chi connectivity index (χ3v) is 4.74. The van der Waals surface area contributed by atoms with Gasteiger partial charge in [-0.2, -0.15) is 0 Å². The van der Waals surface area contributed by atoms with Crippen molar-refractivity contribution in [3.63, 3.8) is 0 Å².